The highest BCUT2D eigenvalue weighted by molar-refractivity contribution is 5.04. The maximum Gasteiger partial charge on any atom is 0.169 e. The van der Waals surface area contributed by atoms with Gasteiger partial charge in [0.25, 0.3) is 0 Å². The summed E-state index contributed by atoms with van der Waals surface area (Å²) in [7, 11) is 0. The van der Waals surface area contributed by atoms with Crippen LogP contribution in [0.5, 0.6) is 0 Å². The van der Waals surface area contributed by atoms with Gasteiger partial charge in [0, 0.05) is 12.8 Å². The van der Waals surface area contributed by atoms with Crippen LogP contribution in [-0.4, -0.2) is 62.8 Å². The number of rotatable bonds is 0. The number of fused-ring (bicyclic) bond motifs is 1. The zero-order chi connectivity index (χ0) is 12.9. The smallest absolute Gasteiger partial charge is 0.169 e. The third-order valence-corrected chi connectivity index (χ3v) is 4.36. The monoisotopic (exact) mass is 260 g/mol. The lowest BCUT2D eigenvalue weighted by atomic mass is 9.85. The predicted molar refractivity (Wildman–Crippen MR) is 59.6 cm³/mol. The summed E-state index contributed by atoms with van der Waals surface area (Å²) in [6.45, 7) is 0. The summed E-state index contributed by atoms with van der Waals surface area (Å²) >= 11 is 0. The molecule has 6 heteroatoms. The molecule has 4 unspecified atom stereocenters. The minimum absolute atomic E-state index is 0.728. The van der Waals surface area contributed by atoms with Crippen molar-refractivity contribution < 1.29 is 29.9 Å². The van der Waals surface area contributed by atoms with Crippen molar-refractivity contribution >= 4 is 0 Å². The first-order valence-corrected chi connectivity index (χ1v) is 6.62. The van der Waals surface area contributed by atoms with Gasteiger partial charge in [0.1, 0.15) is 36.6 Å². The van der Waals surface area contributed by atoms with Crippen molar-refractivity contribution in [2.45, 2.75) is 74.5 Å². The second kappa shape index (κ2) is 4.40. The lowest BCUT2D eigenvalue weighted by molar-refractivity contribution is -0.203. The summed E-state index contributed by atoms with van der Waals surface area (Å²) in [6.07, 6.45) is -2.24. The Hall–Kier alpha value is -0.240. The van der Waals surface area contributed by atoms with E-state index in [4.69, 9.17) is 9.47 Å². The summed E-state index contributed by atoms with van der Waals surface area (Å²) in [6, 6.07) is 0. The predicted octanol–water partition coefficient (Wildman–Crippen LogP) is -1.11. The van der Waals surface area contributed by atoms with Crippen molar-refractivity contribution in [2.75, 3.05) is 0 Å². The SMILES string of the molecule is OC1C(O)[C@H](O)C2OC3(CCCCC3)OC2[C@@H]1O. The van der Waals surface area contributed by atoms with Gasteiger partial charge in [-0.1, -0.05) is 6.42 Å². The Morgan fingerprint density at radius 2 is 1.11 bits per heavy atom. The van der Waals surface area contributed by atoms with E-state index < -0.39 is 42.4 Å². The highest BCUT2D eigenvalue weighted by Crippen LogP contribution is 2.44. The minimum Gasteiger partial charge on any atom is -0.387 e. The van der Waals surface area contributed by atoms with E-state index in [0.29, 0.717) is 0 Å². The first-order valence-electron chi connectivity index (χ1n) is 6.62. The van der Waals surface area contributed by atoms with Crippen LogP contribution in [0, 0.1) is 0 Å². The third kappa shape index (κ3) is 1.79. The van der Waals surface area contributed by atoms with Crippen molar-refractivity contribution in [3.05, 3.63) is 0 Å². The van der Waals surface area contributed by atoms with Crippen molar-refractivity contribution in [3.63, 3.8) is 0 Å². The van der Waals surface area contributed by atoms with E-state index in [-0.39, 0.29) is 0 Å². The first kappa shape index (κ1) is 12.8. The quantitative estimate of drug-likeness (QED) is 0.441. The molecule has 0 aromatic heterocycles. The molecule has 4 N–H and O–H groups in total. The highest BCUT2D eigenvalue weighted by atomic mass is 16.8. The third-order valence-electron chi connectivity index (χ3n) is 4.36. The second-order valence-electron chi connectivity index (χ2n) is 5.60. The summed E-state index contributed by atoms with van der Waals surface area (Å²) < 4.78 is 11.6. The van der Waals surface area contributed by atoms with Crippen LogP contribution in [0.25, 0.3) is 0 Å². The van der Waals surface area contributed by atoms with Gasteiger partial charge in [0.15, 0.2) is 5.79 Å². The fraction of sp³-hybridized carbons (Fsp3) is 1.00. The molecule has 0 bridgehead atoms. The summed E-state index contributed by atoms with van der Waals surface area (Å²) in [5.74, 6) is -0.751. The summed E-state index contributed by atoms with van der Waals surface area (Å²) in [4.78, 5) is 0. The standard InChI is InChI=1S/C12H20O6/c13-6-7(14)9(16)11-10(8(6)15)17-12(18-11)4-2-1-3-5-12/h6-11,13-16H,1-5H2/t6?,7?,8-,9+,10?,11?. The molecule has 0 aromatic rings. The molecular weight excluding hydrogens is 240 g/mol. The average Bonchev–Trinajstić information content (AvgIpc) is 2.74. The van der Waals surface area contributed by atoms with Gasteiger partial charge in [0.05, 0.1) is 0 Å². The van der Waals surface area contributed by atoms with Crippen LogP contribution in [0.3, 0.4) is 0 Å². The Morgan fingerprint density at radius 1 is 0.667 bits per heavy atom. The van der Waals surface area contributed by atoms with Gasteiger partial charge >= 0.3 is 0 Å². The fourth-order valence-electron chi connectivity index (χ4n) is 3.30. The molecule has 18 heavy (non-hydrogen) atoms. The van der Waals surface area contributed by atoms with Crippen LogP contribution < -0.4 is 0 Å². The molecule has 1 spiro atoms. The Bertz CT molecular complexity index is 292. The Balaban J connectivity index is 1.82. The van der Waals surface area contributed by atoms with Crippen LogP contribution in [0.1, 0.15) is 32.1 Å². The van der Waals surface area contributed by atoms with Gasteiger partial charge < -0.3 is 29.9 Å². The molecule has 6 atom stereocenters. The topological polar surface area (TPSA) is 99.4 Å². The Labute approximate surface area is 105 Å². The molecule has 104 valence electrons. The molecular formula is C12H20O6. The van der Waals surface area contributed by atoms with Gasteiger partial charge in [-0.2, -0.15) is 0 Å². The Kier molecular flexibility index (Phi) is 3.12. The van der Waals surface area contributed by atoms with Crippen LogP contribution in [0.4, 0.5) is 0 Å². The number of hydrogen-bond donors (Lipinski definition) is 4. The average molecular weight is 260 g/mol. The lowest BCUT2D eigenvalue weighted by Crippen LogP contribution is -2.62. The van der Waals surface area contributed by atoms with E-state index in [1.165, 1.54) is 0 Å². The minimum atomic E-state index is -1.40. The van der Waals surface area contributed by atoms with Crippen molar-refractivity contribution in [1.29, 1.82) is 0 Å². The van der Waals surface area contributed by atoms with E-state index in [1.54, 1.807) is 0 Å². The van der Waals surface area contributed by atoms with Gasteiger partial charge in [-0.3, -0.25) is 0 Å². The molecule has 1 heterocycles. The normalized spacial score (nSPS) is 51.3. The largest absolute Gasteiger partial charge is 0.387 e. The summed E-state index contributed by atoms with van der Waals surface area (Å²) in [5, 5.41) is 39.2. The molecule has 0 amide bonds. The van der Waals surface area contributed by atoms with Crippen molar-refractivity contribution in [2.24, 2.45) is 0 Å². The lowest BCUT2D eigenvalue weighted by Gasteiger charge is -2.38. The van der Waals surface area contributed by atoms with Gasteiger partial charge in [-0.25, -0.2) is 0 Å². The van der Waals surface area contributed by atoms with E-state index in [9.17, 15) is 20.4 Å². The number of ether oxygens (including phenoxy) is 2. The molecule has 1 aliphatic heterocycles. The maximum absolute atomic E-state index is 9.92. The highest BCUT2D eigenvalue weighted by Gasteiger charge is 2.59. The maximum atomic E-state index is 9.92. The van der Waals surface area contributed by atoms with Gasteiger partial charge in [0.2, 0.25) is 0 Å². The van der Waals surface area contributed by atoms with Crippen molar-refractivity contribution in [3.8, 4) is 0 Å². The molecule has 0 aromatic carbocycles. The molecule has 3 rings (SSSR count). The first-order chi connectivity index (χ1) is 8.54. The zero-order valence-electron chi connectivity index (χ0n) is 10.1. The van der Waals surface area contributed by atoms with Gasteiger partial charge in [-0.05, 0) is 12.8 Å². The second-order valence-corrected chi connectivity index (χ2v) is 5.60. The molecule has 3 fully saturated rings. The molecule has 2 saturated carbocycles. The van der Waals surface area contributed by atoms with Gasteiger partial charge in [-0.15, -0.1) is 0 Å². The van der Waals surface area contributed by atoms with Crippen LogP contribution in [0.2, 0.25) is 0 Å². The number of aliphatic hydroxyl groups is 4. The Morgan fingerprint density at radius 3 is 1.56 bits per heavy atom. The zero-order valence-corrected chi connectivity index (χ0v) is 10.1. The molecule has 1 saturated heterocycles. The van der Waals surface area contributed by atoms with Crippen molar-refractivity contribution in [1.82, 2.24) is 0 Å². The van der Waals surface area contributed by atoms with E-state index in [1.807, 2.05) is 0 Å². The van der Waals surface area contributed by atoms with E-state index >= 15 is 0 Å². The molecule has 6 nitrogen and oxygen atoms in total. The molecule has 0 radical (unpaired) electrons. The van der Waals surface area contributed by atoms with Crippen LogP contribution in [0.15, 0.2) is 0 Å². The van der Waals surface area contributed by atoms with E-state index in [0.717, 1.165) is 32.1 Å². The molecule has 3 aliphatic rings. The van der Waals surface area contributed by atoms with Crippen LogP contribution >= 0.6 is 0 Å². The van der Waals surface area contributed by atoms with E-state index in [2.05, 4.69) is 0 Å². The summed E-state index contributed by atoms with van der Waals surface area (Å²) in [5.41, 5.74) is 0. The number of aliphatic hydroxyl groups excluding tert-OH is 4. The molecule has 2 aliphatic carbocycles. The number of hydrogen-bond acceptors (Lipinski definition) is 6. The fourth-order valence-corrected chi connectivity index (χ4v) is 3.30. The van der Waals surface area contributed by atoms with Crippen LogP contribution in [-0.2, 0) is 9.47 Å².